The van der Waals surface area contributed by atoms with Gasteiger partial charge in [0.2, 0.25) is 5.91 Å². The van der Waals surface area contributed by atoms with E-state index in [0.717, 1.165) is 16.9 Å². The van der Waals surface area contributed by atoms with Crippen molar-refractivity contribution >= 4 is 11.9 Å². The van der Waals surface area contributed by atoms with Gasteiger partial charge in [0.05, 0.1) is 20.1 Å². The molecular formula is C21H22FNO4. The van der Waals surface area contributed by atoms with Crippen molar-refractivity contribution in [2.45, 2.75) is 18.9 Å². The predicted octanol–water partition coefficient (Wildman–Crippen LogP) is 3.14. The van der Waals surface area contributed by atoms with Crippen LogP contribution in [0.3, 0.4) is 0 Å². The smallest absolute Gasteiger partial charge is 0.311 e. The number of methoxy groups -OCH3 is 2. The molecule has 142 valence electrons. The second kappa shape index (κ2) is 8.20. The molecule has 6 heteroatoms. The van der Waals surface area contributed by atoms with Gasteiger partial charge >= 0.3 is 5.97 Å². The Kier molecular flexibility index (Phi) is 5.74. The summed E-state index contributed by atoms with van der Waals surface area (Å²) in [7, 11) is 2.94. The fraction of sp³-hybridized carbons (Fsp3) is 0.333. The van der Waals surface area contributed by atoms with Gasteiger partial charge in [-0.3, -0.25) is 9.59 Å². The number of carbonyl (C=O) groups is 2. The summed E-state index contributed by atoms with van der Waals surface area (Å²) in [5.74, 6) is -0.824. The van der Waals surface area contributed by atoms with Crippen LogP contribution < -0.4 is 4.74 Å². The van der Waals surface area contributed by atoms with E-state index in [2.05, 4.69) is 0 Å². The standard InChI is InChI=1S/C21H22FNO4/c1-26-17-9-3-14(4-10-17)12-23-13-19(21(25)27-2)18(11-20(23)24)15-5-7-16(22)8-6-15/h3-10,18-19H,11-13H2,1-2H3/t18-,19+/m1/s1. The first kappa shape index (κ1) is 18.9. The fourth-order valence-corrected chi connectivity index (χ4v) is 3.48. The third-order valence-corrected chi connectivity index (χ3v) is 4.98. The summed E-state index contributed by atoms with van der Waals surface area (Å²) >= 11 is 0. The summed E-state index contributed by atoms with van der Waals surface area (Å²) in [4.78, 5) is 26.7. The zero-order chi connectivity index (χ0) is 19.4. The molecule has 0 spiro atoms. The number of hydrogen-bond acceptors (Lipinski definition) is 4. The van der Waals surface area contributed by atoms with E-state index in [1.807, 2.05) is 24.3 Å². The molecule has 1 aliphatic rings. The molecule has 1 amide bonds. The number of ether oxygens (including phenoxy) is 2. The lowest BCUT2D eigenvalue weighted by Crippen LogP contribution is -2.46. The SMILES string of the molecule is COC(=O)[C@H]1CN(Cc2ccc(OC)cc2)C(=O)C[C@@H]1c1ccc(F)cc1. The highest BCUT2D eigenvalue weighted by Crippen LogP contribution is 2.35. The highest BCUT2D eigenvalue weighted by molar-refractivity contribution is 5.83. The molecule has 1 saturated heterocycles. The van der Waals surface area contributed by atoms with Gasteiger partial charge in [0.1, 0.15) is 11.6 Å². The first-order valence-corrected chi connectivity index (χ1v) is 8.76. The van der Waals surface area contributed by atoms with E-state index < -0.39 is 5.92 Å². The van der Waals surface area contributed by atoms with E-state index in [1.54, 1.807) is 24.1 Å². The summed E-state index contributed by atoms with van der Waals surface area (Å²) in [6, 6.07) is 13.4. The highest BCUT2D eigenvalue weighted by atomic mass is 19.1. The van der Waals surface area contributed by atoms with Crippen LogP contribution in [0.15, 0.2) is 48.5 Å². The molecule has 0 aliphatic carbocycles. The lowest BCUT2D eigenvalue weighted by Gasteiger charge is -2.37. The lowest BCUT2D eigenvalue weighted by molar-refractivity contribution is -0.151. The maximum absolute atomic E-state index is 13.2. The molecule has 2 atom stereocenters. The van der Waals surface area contributed by atoms with Crippen LogP contribution in [0.25, 0.3) is 0 Å². The number of likely N-dealkylation sites (tertiary alicyclic amines) is 1. The van der Waals surface area contributed by atoms with Crippen molar-refractivity contribution in [2.24, 2.45) is 5.92 Å². The van der Waals surface area contributed by atoms with Crippen molar-refractivity contribution in [3.8, 4) is 5.75 Å². The zero-order valence-electron chi connectivity index (χ0n) is 15.4. The van der Waals surface area contributed by atoms with E-state index in [1.165, 1.54) is 19.2 Å². The van der Waals surface area contributed by atoms with Gasteiger partial charge in [-0.25, -0.2) is 4.39 Å². The molecular weight excluding hydrogens is 349 g/mol. The van der Waals surface area contributed by atoms with Gasteiger partial charge in [-0.2, -0.15) is 0 Å². The summed E-state index contributed by atoms with van der Waals surface area (Å²) < 4.78 is 23.3. The van der Waals surface area contributed by atoms with Crippen LogP contribution in [0, 0.1) is 11.7 Å². The fourth-order valence-electron chi connectivity index (χ4n) is 3.48. The Morgan fingerprint density at radius 3 is 2.37 bits per heavy atom. The number of hydrogen-bond donors (Lipinski definition) is 0. The molecule has 0 saturated carbocycles. The predicted molar refractivity (Wildman–Crippen MR) is 97.7 cm³/mol. The maximum Gasteiger partial charge on any atom is 0.311 e. The van der Waals surface area contributed by atoms with Crippen molar-refractivity contribution in [3.63, 3.8) is 0 Å². The molecule has 1 fully saturated rings. The third-order valence-electron chi connectivity index (χ3n) is 4.98. The molecule has 5 nitrogen and oxygen atoms in total. The maximum atomic E-state index is 13.2. The van der Waals surface area contributed by atoms with Gasteiger partial charge in [0.15, 0.2) is 0 Å². The Morgan fingerprint density at radius 2 is 1.78 bits per heavy atom. The number of esters is 1. The number of nitrogens with zero attached hydrogens (tertiary/aromatic N) is 1. The van der Waals surface area contributed by atoms with Gasteiger partial charge in [-0.05, 0) is 35.4 Å². The van der Waals surface area contributed by atoms with E-state index in [9.17, 15) is 14.0 Å². The van der Waals surface area contributed by atoms with Crippen LogP contribution in [0.1, 0.15) is 23.5 Å². The number of piperidine rings is 1. The molecule has 27 heavy (non-hydrogen) atoms. The summed E-state index contributed by atoms with van der Waals surface area (Å²) in [6.45, 7) is 0.673. The Balaban J connectivity index is 1.80. The quantitative estimate of drug-likeness (QED) is 0.758. The Bertz CT molecular complexity index is 804. The minimum atomic E-state index is -0.489. The molecule has 0 radical (unpaired) electrons. The summed E-state index contributed by atoms with van der Waals surface area (Å²) in [5, 5.41) is 0. The van der Waals surface area contributed by atoms with Crippen molar-refractivity contribution in [1.82, 2.24) is 4.90 Å². The van der Waals surface area contributed by atoms with E-state index in [4.69, 9.17) is 9.47 Å². The molecule has 3 rings (SSSR count). The van der Waals surface area contributed by atoms with Crippen LogP contribution >= 0.6 is 0 Å². The second-order valence-corrected chi connectivity index (χ2v) is 6.61. The Hall–Kier alpha value is -2.89. The van der Waals surface area contributed by atoms with Crippen LogP contribution in [0.4, 0.5) is 4.39 Å². The minimum absolute atomic E-state index is 0.0414. The third kappa shape index (κ3) is 4.27. The molecule has 2 aromatic carbocycles. The Morgan fingerprint density at radius 1 is 1.11 bits per heavy atom. The number of halogens is 1. The van der Waals surface area contributed by atoms with Gasteiger partial charge in [-0.15, -0.1) is 0 Å². The molecule has 1 heterocycles. The first-order chi connectivity index (χ1) is 13.0. The number of benzene rings is 2. The van der Waals surface area contributed by atoms with Crippen molar-refractivity contribution < 1.29 is 23.5 Å². The molecule has 0 unspecified atom stereocenters. The highest BCUT2D eigenvalue weighted by Gasteiger charge is 2.39. The average molecular weight is 371 g/mol. The number of rotatable bonds is 5. The van der Waals surface area contributed by atoms with Crippen LogP contribution in [0.2, 0.25) is 0 Å². The van der Waals surface area contributed by atoms with Crippen LogP contribution in [-0.2, 0) is 20.9 Å². The Labute approximate surface area is 157 Å². The van der Waals surface area contributed by atoms with Crippen molar-refractivity contribution in [2.75, 3.05) is 20.8 Å². The van der Waals surface area contributed by atoms with E-state index in [0.29, 0.717) is 6.54 Å². The van der Waals surface area contributed by atoms with E-state index >= 15 is 0 Å². The monoisotopic (exact) mass is 371 g/mol. The molecule has 2 aromatic rings. The molecule has 0 bridgehead atoms. The average Bonchev–Trinajstić information content (AvgIpc) is 2.70. The minimum Gasteiger partial charge on any atom is -0.497 e. The van der Waals surface area contributed by atoms with Crippen molar-refractivity contribution in [1.29, 1.82) is 0 Å². The van der Waals surface area contributed by atoms with E-state index in [-0.39, 0.29) is 36.6 Å². The van der Waals surface area contributed by atoms with Gasteiger partial charge in [-0.1, -0.05) is 24.3 Å². The molecule has 0 aromatic heterocycles. The number of amides is 1. The topological polar surface area (TPSA) is 55.8 Å². The van der Waals surface area contributed by atoms with Gasteiger partial charge in [0.25, 0.3) is 0 Å². The second-order valence-electron chi connectivity index (χ2n) is 6.61. The van der Waals surface area contributed by atoms with Crippen molar-refractivity contribution in [3.05, 3.63) is 65.5 Å². The lowest BCUT2D eigenvalue weighted by atomic mass is 9.80. The summed E-state index contributed by atoms with van der Waals surface area (Å²) in [6.07, 6.45) is 0.182. The molecule has 0 N–H and O–H groups in total. The largest absolute Gasteiger partial charge is 0.497 e. The number of carbonyl (C=O) groups excluding carboxylic acids is 2. The van der Waals surface area contributed by atoms with Gasteiger partial charge < -0.3 is 14.4 Å². The summed E-state index contributed by atoms with van der Waals surface area (Å²) in [5.41, 5.74) is 1.72. The first-order valence-electron chi connectivity index (χ1n) is 8.76. The zero-order valence-corrected chi connectivity index (χ0v) is 15.4. The van der Waals surface area contributed by atoms with Crippen LogP contribution in [-0.4, -0.2) is 37.5 Å². The van der Waals surface area contributed by atoms with Crippen LogP contribution in [0.5, 0.6) is 5.75 Å². The van der Waals surface area contributed by atoms with Gasteiger partial charge in [0, 0.05) is 25.4 Å². The normalized spacial score (nSPS) is 19.7. The molecule has 1 aliphatic heterocycles.